The summed E-state index contributed by atoms with van der Waals surface area (Å²) in [6.07, 6.45) is 6.87. The fourth-order valence-electron chi connectivity index (χ4n) is 3.50. The van der Waals surface area contributed by atoms with E-state index in [0.29, 0.717) is 11.5 Å². The number of thiophene rings is 1. The summed E-state index contributed by atoms with van der Waals surface area (Å²) in [5.74, 6) is 0. The van der Waals surface area contributed by atoms with Crippen LogP contribution in [0, 0.1) is 5.41 Å². The van der Waals surface area contributed by atoms with Gasteiger partial charge in [-0.3, -0.25) is 4.90 Å². The molecular weight excluding hydrogens is 276 g/mol. The van der Waals surface area contributed by atoms with Gasteiger partial charge in [0, 0.05) is 30.6 Å². The standard InChI is InChI=1S/C18H32N2S/c1-4-11-19-14-18(9-5-6-10-18)15-20(16(2)3)13-17-8-7-12-21-17/h7-8,12,16,19H,4-6,9-11,13-15H2,1-3H3. The summed E-state index contributed by atoms with van der Waals surface area (Å²) in [6.45, 7) is 11.7. The molecule has 2 rings (SSSR count). The van der Waals surface area contributed by atoms with Gasteiger partial charge in [0.05, 0.1) is 0 Å². The smallest absolute Gasteiger partial charge is 0.0330 e. The Morgan fingerprint density at radius 3 is 2.67 bits per heavy atom. The van der Waals surface area contributed by atoms with E-state index >= 15 is 0 Å². The monoisotopic (exact) mass is 308 g/mol. The Kier molecular flexibility index (Phi) is 6.72. The van der Waals surface area contributed by atoms with Crippen molar-refractivity contribution in [1.29, 1.82) is 0 Å². The summed E-state index contributed by atoms with van der Waals surface area (Å²) in [5, 5.41) is 5.89. The van der Waals surface area contributed by atoms with Gasteiger partial charge in [-0.2, -0.15) is 0 Å². The first-order chi connectivity index (χ1) is 10.2. The van der Waals surface area contributed by atoms with Crippen molar-refractivity contribution in [2.75, 3.05) is 19.6 Å². The van der Waals surface area contributed by atoms with Gasteiger partial charge >= 0.3 is 0 Å². The van der Waals surface area contributed by atoms with Crippen molar-refractivity contribution in [3.63, 3.8) is 0 Å². The average molecular weight is 309 g/mol. The van der Waals surface area contributed by atoms with Crippen LogP contribution in [0.3, 0.4) is 0 Å². The lowest BCUT2D eigenvalue weighted by molar-refractivity contribution is 0.116. The van der Waals surface area contributed by atoms with Crippen LogP contribution in [0.1, 0.15) is 57.8 Å². The van der Waals surface area contributed by atoms with Gasteiger partial charge in [0.25, 0.3) is 0 Å². The lowest BCUT2D eigenvalue weighted by atomic mass is 9.85. The normalized spacial score (nSPS) is 18.0. The molecule has 0 unspecified atom stereocenters. The lowest BCUT2D eigenvalue weighted by Crippen LogP contribution is -2.44. The fraction of sp³-hybridized carbons (Fsp3) is 0.778. The van der Waals surface area contributed by atoms with Crippen molar-refractivity contribution in [3.05, 3.63) is 22.4 Å². The number of rotatable bonds is 9. The van der Waals surface area contributed by atoms with E-state index in [0.717, 1.165) is 13.1 Å². The molecule has 0 bridgehead atoms. The Morgan fingerprint density at radius 2 is 2.10 bits per heavy atom. The van der Waals surface area contributed by atoms with Crippen LogP contribution in [-0.4, -0.2) is 30.6 Å². The molecule has 1 N–H and O–H groups in total. The second-order valence-electron chi connectivity index (χ2n) is 6.96. The molecular formula is C18H32N2S. The third-order valence-corrected chi connectivity index (χ3v) is 5.66. The highest BCUT2D eigenvalue weighted by molar-refractivity contribution is 7.09. The molecule has 1 saturated carbocycles. The molecule has 0 radical (unpaired) electrons. The summed E-state index contributed by atoms with van der Waals surface area (Å²) in [5.41, 5.74) is 0.511. The summed E-state index contributed by atoms with van der Waals surface area (Å²) < 4.78 is 0. The van der Waals surface area contributed by atoms with Gasteiger partial charge in [-0.1, -0.05) is 25.8 Å². The van der Waals surface area contributed by atoms with Crippen LogP contribution in [0.5, 0.6) is 0 Å². The number of nitrogens with zero attached hydrogens (tertiary/aromatic N) is 1. The third kappa shape index (κ3) is 5.08. The van der Waals surface area contributed by atoms with Gasteiger partial charge in [0.15, 0.2) is 0 Å². The number of nitrogens with one attached hydrogen (secondary N) is 1. The van der Waals surface area contributed by atoms with Crippen LogP contribution in [0.25, 0.3) is 0 Å². The molecule has 0 saturated heterocycles. The molecule has 1 aliphatic carbocycles. The molecule has 0 spiro atoms. The quantitative estimate of drug-likeness (QED) is 0.675. The minimum absolute atomic E-state index is 0.511. The van der Waals surface area contributed by atoms with Crippen LogP contribution in [0.4, 0.5) is 0 Å². The van der Waals surface area contributed by atoms with Crippen molar-refractivity contribution in [1.82, 2.24) is 10.2 Å². The van der Waals surface area contributed by atoms with Gasteiger partial charge in [-0.25, -0.2) is 0 Å². The molecule has 1 aromatic rings. The average Bonchev–Trinajstić information content (AvgIpc) is 3.11. The van der Waals surface area contributed by atoms with Crippen LogP contribution in [0.2, 0.25) is 0 Å². The van der Waals surface area contributed by atoms with E-state index in [1.165, 1.54) is 50.1 Å². The Hall–Kier alpha value is -0.380. The van der Waals surface area contributed by atoms with E-state index in [2.05, 4.69) is 48.5 Å². The topological polar surface area (TPSA) is 15.3 Å². The van der Waals surface area contributed by atoms with Crippen molar-refractivity contribution in [2.24, 2.45) is 5.41 Å². The fourth-order valence-corrected chi connectivity index (χ4v) is 4.23. The van der Waals surface area contributed by atoms with Crippen molar-refractivity contribution >= 4 is 11.3 Å². The van der Waals surface area contributed by atoms with Crippen molar-refractivity contribution < 1.29 is 0 Å². The van der Waals surface area contributed by atoms with Gasteiger partial charge in [0.2, 0.25) is 0 Å². The molecule has 0 aliphatic heterocycles. The van der Waals surface area contributed by atoms with Gasteiger partial charge in [-0.15, -0.1) is 11.3 Å². The molecule has 21 heavy (non-hydrogen) atoms. The summed E-state index contributed by atoms with van der Waals surface area (Å²) in [4.78, 5) is 4.18. The second kappa shape index (κ2) is 8.30. The summed E-state index contributed by atoms with van der Waals surface area (Å²) in [7, 11) is 0. The minimum atomic E-state index is 0.511. The zero-order chi connectivity index (χ0) is 15.1. The minimum Gasteiger partial charge on any atom is -0.316 e. The molecule has 120 valence electrons. The predicted molar refractivity (Wildman–Crippen MR) is 93.9 cm³/mol. The largest absolute Gasteiger partial charge is 0.316 e. The van der Waals surface area contributed by atoms with Gasteiger partial charge in [0.1, 0.15) is 0 Å². The van der Waals surface area contributed by atoms with E-state index in [9.17, 15) is 0 Å². The molecule has 2 nitrogen and oxygen atoms in total. The van der Waals surface area contributed by atoms with Crippen LogP contribution < -0.4 is 5.32 Å². The maximum absolute atomic E-state index is 3.70. The maximum Gasteiger partial charge on any atom is 0.0330 e. The van der Waals surface area contributed by atoms with Gasteiger partial charge in [-0.05, 0) is 56.5 Å². The van der Waals surface area contributed by atoms with E-state index in [1.807, 2.05) is 11.3 Å². The predicted octanol–water partition coefficient (Wildman–Crippen LogP) is 4.52. The van der Waals surface area contributed by atoms with E-state index in [-0.39, 0.29) is 0 Å². The Balaban J connectivity index is 1.98. The highest BCUT2D eigenvalue weighted by atomic mass is 32.1. The molecule has 1 heterocycles. The van der Waals surface area contributed by atoms with Crippen LogP contribution in [0.15, 0.2) is 17.5 Å². The first-order valence-corrected chi connectivity index (χ1v) is 9.50. The SMILES string of the molecule is CCCNCC1(CN(Cc2cccs2)C(C)C)CCCC1. The molecule has 3 heteroatoms. The van der Waals surface area contributed by atoms with E-state index < -0.39 is 0 Å². The maximum atomic E-state index is 3.70. The number of hydrogen-bond donors (Lipinski definition) is 1. The van der Waals surface area contributed by atoms with E-state index in [1.54, 1.807) is 0 Å². The molecule has 0 amide bonds. The Bertz CT molecular complexity index is 380. The first kappa shape index (κ1) is 17.0. The first-order valence-electron chi connectivity index (χ1n) is 8.62. The highest BCUT2D eigenvalue weighted by Crippen LogP contribution is 2.39. The molecule has 1 aromatic heterocycles. The zero-order valence-corrected chi connectivity index (χ0v) is 14.8. The van der Waals surface area contributed by atoms with Gasteiger partial charge < -0.3 is 5.32 Å². The van der Waals surface area contributed by atoms with Crippen LogP contribution >= 0.6 is 11.3 Å². The van der Waals surface area contributed by atoms with E-state index in [4.69, 9.17) is 0 Å². The van der Waals surface area contributed by atoms with Crippen molar-refractivity contribution in [2.45, 2.75) is 65.5 Å². The third-order valence-electron chi connectivity index (χ3n) is 4.80. The molecule has 1 fully saturated rings. The summed E-state index contributed by atoms with van der Waals surface area (Å²) in [6, 6.07) is 5.07. The number of hydrogen-bond acceptors (Lipinski definition) is 3. The van der Waals surface area contributed by atoms with Crippen LogP contribution in [-0.2, 0) is 6.54 Å². The molecule has 0 aromatic carbocycles. The van der Waals surface area contributed by atoms with Crippen molar-refractivity contribution in [3.8, 4) is 0 Å². The second-order valence-corrected chi connectivity index (χ2v) is 7.99. The Morgan fingerprint density at radius 1 is 1.33 bits per heavy atom. The molecule has 1 aliphatic rings. The highest BCUT2D eigenvalue weighted by Gasteiger charge is 2.35. The summed E-state index contributed by atoms with van der Waals surface area (Å²) >= 11 is 1.89. The zero-order valence-electron chi connectivity index (χ0n) is 14.0. The molecule has 0 atom stereocenters. The Labute approximate surface area is 134 Å². The lowest BCUT2D eigenvalue weighted by Gasteiger charge is -2.37.